The zero-order valence-electron chi connectivity index (χ0n) is 13.9. The molecule has 22 heavy (non-hydrogen) atoms. The van der Waals surface area contributed by atoms with Gasteiger partial charge in [0.15, 0.2) is 0 Å². The molecule has 0 aromatic carbocycles. The van der Waals surface area contributed by atoms with Gasteiger partial charge in [-0.15, -0.1) is 0 Å². The first kappa shape index (κ1) is 18.5. The summed E-state index contributed by atoms with van der Waals surface area (Å²) in [7, 11) is 1.28. The summed E-state index contributed by atoms with van der Waals surface area (Å²) in [6.45, 7) is 5.46. The number of methoxy groups -OCH3 is 1. The van der Waals surface area contributed by atoms with E-state index in [1.165, 1.54) is 7.11 Å². The Morgan fingerprint density at radius 3 is 2.36 bits per heavy atom. The van der Waals surface area contributed by atoms with Crippen molar-refractivity contribution in [1.29, 1.82) is 0 Å². The van der Waals surface area contributed by atoms with Crippen LogP contribution >= 0.6 is 0 Å². The number of rotatable bonds is 4. The minimum Gasteiger partial charge on any atom is -0.469 e. The van der Waals surface area contributed by atoms with E-state index in [-0.39, 0.29) is 24.2 Å². The van der Waals surface area contributed by atoms with Crippen LogP contribution in [0.25, 0.3) is 0 Å². The number of ether oxygens (including phenoxy) is 2. The van der Waals surface area contributed by atoms with E-state index in [0.29, 0.717) is 6.42 Å². The van der Waals surface area contributed by atoms with Gasteiger partial charge in [0.25, 0.3) is 0 Å². The predicted molar refractivity (Wildman–Crippen MR) is 81.4 cm³/mol. The lowest BCUT2D eigenvalue weighted by Gasteiger charge is -2.23. The second-order valence-corrected chi connectivity index (χ2v) is 6.77. The van der Waals surface area contributed by atoms with Crippen molar-refractivity contribution in [3.8, 4) is 0 Å². The summed E-state index contributed by atoms with van der Waals surface area (Å²) in [4.78, 5) is 35.0. The second kappa shape index (κ2) is 8.15. The molecule has 0 radical (unpaired) electrons. The van der Waals surface area contributed by atoms with E-state index in [1.54, 1.807) is 0 Å². The van der Waals surface area contributed by atoms with Crippen molar-refractivity contribution in [3.63, 3.8) is 0 Å². The van der Waals surface area contributed by atoms with Crippen molar-refractivity contribution in [1.82, 2.24) is 5.32 Å². The quantitative estimate of drug-likeness (QED) is 0.490. The number of ketones is 1. The standard InChI is InChI=1S/C16H27NO5/c1-16(2,3)22-15(20)17-12-7-5-6-11(8-9-12)13(18)10-14(19)21-4/h11-12H,5-10H2,1-4H3,(H,17,20). The van der Waals surface area contributed by atoms with Crippen molar-refractivity contribution in [3.05, 3.63) is 0 Å². The van der Waals surface area contributed by atoms with Crippen molar-refractivity contribution < 1.29 is 23.9 Å². The number of esters is 1. The van der Waals surface area contributed by atoms with Gasteiger partial charge in [0.1, 0.15) is 17.8 Å². The molecule has 1 N–H and O–H groups in total. The van der Waals surface area contributed by atoms with Crippen molar-refractivity contribution in [2.75, 3.05) is 7.11 Å². The van der Waals surface area contributed by atoms with Gasteiger partial charge in [0.05, 0.1) is 7.11 Å². The molecule has 1 amide bonds. The molecule has 0 aromatic heterocycles. The Hall–Kier alpha value is -1.59. The number of carbonyl (C=O) groups excluding carboxylic acids is 3. The first-order chi connectivity index (χ1) is 10.2. The Morgan fingerprint density at radius 1 is 1.09 bits per heavy atom. The maximum absolute atomic E-state index is 12.0. The van der Waals surface area contributed by atoms with Gasteiger partial charge in [-0.05, 0) is 46.5 Å². The van der Waals surface area contributed by atoms with Gasteiger partial charge >= 0.3 is 12.1 Å². The first-order valence-electron chi connectivity index (χ1n) is 7.80. The van der Waals surface area contributed by atoms with Gasteiger partial charge in [-0.2, -0.15) is 0 Å². The normalized spacial score (nSPS) is 22.4. The molecule has 6 heteroatoms. The number of hydrogen-bond donors (Lipinski definition) is 1. The van der Waals surface area contributed by atoms with Crippen LogP contribution in [0.3, 0.4) is 0 Å². The molecular weight excluding hydrogens is 286 g/mol. The Morgan fingerprint density at radius 2 is 1.77 bits per heavy atom. The highest BCUT2D eigenvalue weighted by molar-refractivity contribution is 5.96. The highest BCUT2D eigenvalue weighted by atomic mass is 16.6. The Labute approximate surface area is 131 Å². The SMILES string of the molecule is COC(=O)CC(=O)C1CCCC(NC(=O)OC(C)(C)C)CC1. The van der Waals surface area contributed by atoms with E-state index in [1.807, 2.05) is 20.8 Å². The topological polar surface area (TPSA) is 81.7 Å². The number of carbonyl (C=O) groups is 3. The average molecular weight is 313 g/mol. The lowest BCUT2D eigenvalue weighted by Crippen LogP contribution is -2.38. The number of Topliss-reactive ketones (excluding diaryl/α,β-unsaturated/α-hetero) is 1. The summed E-state index contributed by atoms with van der Waals surface area (Å²) in [5, 5.41) is 2.86. The average Bonchev–Trinajstić information content (AvgIpc) is 2.61. The largest absolute Gasteiger partial charge is 0.469 e. The van der Waals surface area contributed by atoms with Crippen molar-refractivity contribution in [2.45, 2.75) is 70.9 Å². The molecule has 2 unspecified atom stereocenters. The molecule has 126 valence electrons. The number of amides is 1. The predicted octanol–water partition coefficient (Wildman–Crippen LogP) is 2.59. The smallest absolute Gasteiger partial charge is 0.407 e. The zero-order valence-corrected chi connectivity index (χ0v) is 13.9. The molecule has 1 aliphatic rings. The summed E-state index contributed by atoms with van der Waals surface area (Å²) < 4.78 is 9.77. The third-order valence-electron chi connectivity index (χ3n) is 3.69. The second-order valence-electron chi connectivity index (χ2n) is 6.77. The van der Waals surface area contributed by atoms with Gasteiger partial charge in [-0.1, -0.05) is 6.42 Å². The fourth-order valence-corrected chi connectivity index (χ4v) is 2.60. The minimum atomic E-state index is -0.520. The molecular formula is C16H27NO5. The molecule has 0 bridgehead atoms. The fourth-order valence-electron chi connectivity index (χ4n) is 2.60. The molecule has 0 aliphatic heterocycles. The molecule has 0 saturated heterocycles. The first-order valence-corrected chi connectivity index (χ1v) is 7.80. The van der Waals surface area contributed by atoms with Crippen LogP contribution in [0.1, 0.15) is 59.3 Å². The lowest BCUT2D eigenvalue weighted by atomic mass is 9.93. The number of alkyl carbamates (subject to hydrolysis) is 1. The van der Waals surface area contributed by atoms with Crippen LogP contribution in [-0.2, 0) is 19.1 Å². The summed E-state index contributed by atoms with van der Waals surface area (Å²) in [6.07, 6.45) is 3.23. The maximum Gasteiger partial charge on any atom is 0.407 e. The summed E-state index contributed by atoms with van der Waals surface area (Å²) in [5.74, 6) is -0.674. The molecule has 0 spiro atoms. The summed E-state index contributed by atoms with van der Waals surface area (Å²) >= 11 is 0. The van der Waals surface area contributed by atoms with Crippen LogP contribution in [0.2, 0.25) is 0 Å². The summed E-state index contributed by atoms with van der Waals surface area (Å²) in [5.41, 5.74) is -0.520. The van der Waals surface area contributed by atoms with Gasteiger partial charge in [-0.3, -0.25) is 9.59 Å². The van der Waals surface area contributed by atoms with E-state index in [2.05, 4.69) is 10.1 Å². The van der Waals surface area contributed by atoms with E-state index < -0.39 is 17.7 Å². The van der Waals surface area contributed by atoms with Crippen molar-refractivity contribution >= 4 is 17.8 Å². The zero-order chi connectivity index (χ0) is 16.8. The Bertz CT molecular complexity index is 413. The van der Waals surface area contributed by atoms with Gasteiger partial charge < -0.3 is 14.8 Å². The molecule has 1 saturated carbocycles. The van der Waals surface area contributed by atoms with E-state index >= 15 is 0 Å². The Kier molecular flexibility index (Phi) is 6.84. The van der Waals surface area contributed by atoms with Crippen LogP contribution in [0.15, 0.2) is 0 Å². The van der Waals surface area contributed by atoms with Gasteiger partial charge in [0, 0.05) is 12.0 Å². The number of nitrogens with one attached hydrogen (secondary N) is 1. The van der Waals surface area contributed by atoms with Crippen LogP contribution in [0.5, 0.6) is 0 Å². The van der Waals surface area contributed by atoms with Crippen LogP contribution < -0.4 is 5.32 Å². The molecule has 0 aromatic rings. The van der Waals surface area contributed by atoms with E-state index in [9.17, 15) is 14.4 Å². The monoisotopic (exact) mass is 313 g/mol. The maximum atomic E-state index is 12.0. The van der Waals surface area contributed by atoms with Crippen LogP contribution in [0, 0.1) is 5.92 Å². The summed E-state index contributed by atoms with van der Waals surface area (Å²) in [6, 6.07) is 0.0192. The highest BCUT2D eigenvalue weighted by Crippen LogP contribution is 2.25. The third kappa shape index (κ3) is 6.91. The highest BCUT2D eigenvalue weighted by Gasteiger charge is 2.27. The molecule has 0 heterocycles. The van der Waals surface area contributed by atoms with Crippen LogP contribution in [-0.4, -0.2) is 36.6 Å². The number of hydrogen-bond acceptors (Lipinski definition) is 5. The lowest BCUT2D eigenvalue weighted by molar-refractivity contribution is -0.144. The van der Waals surface area contributed by atoms with E-state index in [0.717, 1.165) is 25.7 Å². The van der Waals surface area contributed by atoms with Crippen LogP contribution in [0.4, 0.5) is 4.79 Å². The van der Waals surface area contributed by atoms with Crippen molar-refractivity contribution in [2.24, 2.45) is 5.92 Å². The fraction of sp³-hybridized carbons (Fsp3) is 0.812. The Balaban J connectivity index is 2.44. The molecule has 1 fully saturated rings. The molecule has 6 nitrogen and oxygen atoms in total. The minimum absolute atomic E-state index is 0.0192. The molecule has 2 atom stereocenters. The van der Waals surface area contributed by atoms with E-state index in [4.69, 9.17) is 4.74 Å². The molecule has 1 rings (SSSR count). The molecule has 1 aliphatic carbocycles. The van der Waals surface area contributed by atoms with Gasteiger partial charge in [-0.25, -0.2) is 4.79 Å². The van der Waals surface area contributed by atoms with Gasteiger partial charge in [0.2, 0.25) is 0 Å². The third-order valence-corrected chi connectivity index (χ3v) is 3.69.